The maximum absolute atomic E-state index is 9.43. The van der Waals surface area contributed by atoms with Crippen molar-refractivity contribution < 1.29 is 5.11 Å². The molecule has 92 valence electrons. The third-order valence-electron chi connectivity index (χ3n) is 3.34. The monoisotopic (exact) mass is 240 g/mol. The Morgan fingerprint density at radius 1 is 1.11 bits per heavy atom. The highest BCUT2D eigenvalue weighted by atomic mass is 16.3. The molecule has 2 aromatic rings. The van der Waals surface area contributed by atoms with E-state index in [-0.39, 0.29) is 5.75 Å². The van der Waals surface area contributed by atoms with Crippen LogP contribution in [0.25, 0.3) is 0 Å². The van der Waals surface area contributed by atoms with E-state index in [0.717, 1.165) is 24.3 Å². The number of hydrogen-bond donors (Lipinski definition) is 2. The predicted octanol–water partition coefficient (Wildman–Crippen LogP) is 3.13. The van der Waals surface area contributed by atoms with Gasteiger partial charge in [-0.2, -0.15) is 0 Å². The molecule has 0 saturated carbocycles. The molecule has 1 heterocycles. The third kappa shape index (κ3) is 1.99. The van der Waals surface area contributed by atoms with Crippen LogP contribution in [0.15, 0.2) is 42.5 Å². The fourth-order valence-electron chi connectivity index (χ4n) is 2.39. The van der Waals surface area contributed by atoms with Crippen molar-refractivity contribution >= 4 is 17.1 Å². The Balaban J connectivity index is 1.86. The van der Waals surface area contributed by atoms with Crippen LogP contribution >= 0.6 is 0 Å². The van der Waals surface area contributed by atoms with Gasteiger partial charge in [0.15, 0.2) is 0 Å². The van der Waals surface area contributed by atoms with Crippen LogP contribution < -0.4 is 10.2 Å². The van der Waals surface area contributed by atoms with E-state index in [1.807, 2.05) is 12.1 Å². The molecule has 0 bridgehead atoms. The lowest BCUT2D eigenvalue weighted by molar-refractivity contribution is 0.475. The molecule has 1 aliphatic rings. The minimum absolute atomic E-state index is 0.279. The molecule has 0 aliphatic carbocycles. The number of nitrogens with zero attached hydrogens (tertiary/aromatic N) is 1. The Labute approximate surface area is 107 Å². The second-order valence-electron chi connectivity index (χ2n) is 4.69. The molecular formula is C15H16N2O. The highest BCUT2D eigenvalue weighted by Gasteiger charge is 2.15. The minimum atomic E-state index is 0.279. The maximum Gasteiger partial charge on any atom is 0.117 e. The van der Waals surface area contributed by atoms with Crippen molar-refractivity contribution in [1.82, 2.24) is 0 Å². The summed E-state index contributed by atoms with van der Waals surface area (Å²) in [7, 11) is 2.12. The average molecular weight is 240 g/mol. The molecule has 0 spiro atoms. The molecule has 0 atom stereocenters. The van der Waals surface area contributed by atoms with E-state index in [9.17, 15) is 5.11 Å². The van der Waals surface area contributed by atoms with Crippen LogP contribution in [0.1, 0.15) is 5.56 Å². The van der Waals surface area contributed by atoms with Gasteiger partial charge in [-0.05, 0) is 42.3 Å². The molecule has 3 heteroatoms. The van der Waals surface area contributed by atoms with Gasteiger partial charge in [-0.1, -0.05) is 6.07 Å². The minimum Gasteiger partial charge on any atom is -0.508 e. The summed E-state index contributed by atoms with van der Waals surface area (Å²) in [5, 5.41) is 12.7. The largest absolute Gasteiger partial charge is 0.508 e. The molecule has 0 aromatic heterocycles. The van der Waals surface area contributed by atoms with E-state index >= 15 is 0 Å². The summed E-state index contributed by atoms with van der Waals surface area (Å²) in [4.78, 5) is 2.27. The fourth-order valence-corrected chi connectivity index (χ4v) is 2.39. The molecule has 1 aliphatic heterocycles. The molecule has 0 saturated heterocycles. The average Bonchev–Trinajstić information content (AvgIpc) is 2.71. The highest BCUT2D eigenvalue weighted by molar-refractivity contribution is 5.68. The molecule has 0 radical (unpaired) electrons. The topological polar surface area (TPSA) is 35.5 Å². The molecule has 0 unspecified atom stereocenters. The van der Waals surface area contributed by atoms with E-state index in [0.29, 0.717) is 0 Å². The number of hydrogen-bond acceptors (Lipinski definition) is 3. The number of phenols is 1. The van der Waals surface area contributed by atoms with E-state index < -0.39 is 0 Å². The zero-order valence-electron chi connectivity index (χ0n) is 10.4. The fraction of sp³-hybridized carbons (Fsp3) is 0.200. The van der Waals surface area contributed by atoms with Crippen LogP contribution in [0.5, 0.6) is 5.75 Å². The summed E-state index contributed by atoms with van der Waals surface area (Å²) in [5.41, 5.74) is 4.66. The Bertz CT molecular complexity index is 580. The number of nitrogens with one attached hydrogen (secondary N) is 1. The number of aromatic hydroxyl groups is 1. The summed E-state index contributed by atoms with van der Waals surface area (Å²) in [6.07, 6.45) is 1.10. The van der Waals surface area contributed by atoms with Gasteiger partial charge in [0.1, 0.15) is 5.75 Å². The van der Waals surface area contributed by atoms with Gasteiger partial charge >= 0.3 is 0 Å². The van der Waals surface area contributed by atoms with Gasteiger partial charge in [0.25, 0.3) is 0 Å². The summed E-state index contributed by atoms with van der Waals surface area (Å²) in [6, 6.07) is 13.6. The summed E-state index contributed by atoms with van der Waals surface area (Å²) >= 11 is 0. The first kappa shape index (κ1) is 11.0. The third-order valence-corrected chi connectivity index (χ3v) is 3.34. The smallest absolute Gasteiger partial charge is 0.117 e. The van der Waals surface area contributed by atoms with Crippen molar-refractivity contribution in [1.29, 1.82) is 0 Å². The van der Waals surface area contributed by atoms with Crippen LogP contribution in [0.4, 0.5) is 17.1 Å². The molecule has 2 aromatic carbocycles. The molecule has 3 rings (SSSR count). The van der Waals surface area contributed by atoms with Crippen LogP contribution in [-0.4, -0.2) is 18.7 Å². The van der Waals surface area contributed by atoms with Gasteiger partial charge in [0, 0.05) is 36.7 Å². The normalized spacial score (nSPS) is 13.5. The lowest BCUT2D eigenvalue weighted by atomic mass is 10.1. The van der Waals surface area contributed by atoms with Crippen molar-refractivity contribution in [3.05, 3.63) is 48.0 Å². The van der Waals surface area contributed by atoms with Crippen LogP contribution in [0.3, 0.4) is 0 Å². The van der Waals surface area contributed by atoms with Gasteiger partial charge in [0.2, 0.25) is 0 Å². The van der Waals surface area contributed by atoms with E-state index in [1.54, 1.807) is 12.1 Å². The molecule has 0 fully saturated rings. The summed E-state index contributed by atoms with van der Waals surface area (Å²) < 4.78 is 0. The number of likely N-dealkylation sites (N-methyl/N-ethyl adjacent to an activating group) is 1. The molecule has 18 heavy (non-hydrogen) atoms. The number of fused-ring (bicyclic) bond motifs is 1. The van der Waals surface area contributed by atoms with Crippen molar-refractivity contribution in [2.75, 3.05) is 23.8 Å². The lowest BCUT2D eigenvalue weighted by Crippen LogP contribution is -2.12. The number of phenolic OH excluding ortho intramolecular Hbond substituents is 1. The first-order chi connectivity index (χ1) is 8.72. The van der Waals surface area contributed by atoms with Gasteiger partial charge in [-0.25, -0.2) is 0 Å². The zero-order valence-corrected chi connectivity index (χ0v) is 10.4. The molecule has 2 N–H and O–H groups in total. The number of rotatable bonds is 2. The first-order valence-electron chi connectivity index (χ1n) is 6.12. The van der Waals surface area contributed by atoms with Crippen molar-refractivity contribution in [3.8, 4) is 5.75 Å². The van der Waals surface area contributed by atoms with Gasteiger partial charge in [-0.15, -0.1) is 0 Å². The molecule has 0 amide bonds. The van der Waals surface area contributed by atoms with Crippen LogP contribution in [0, 0.1) is 0 Å². The predicted molar refractivity (Wildman–Crippen MR) is 74.8 cm³/mol. The SMILES string of the molecule is CN1CCc2cc(Nc3cccc(O)c3)ccc21. The molecular weight excluding hydrogens is 224 g/mol. The lowest BCUT2D eigenvalue weighted by Gasteiger charge is -2.13. The Hall–Kier alpha value is -2.16. The van der Waals surface area contributed by atoms with Crippen molar-refractivity contribution in [3.63, 3.8) is 0 Å². The summed E-state index contributed by atoms with van der Waals surface area (Å²) in [6.45, 7) is 1.09. The quantitative estimate of drug-likeness (QED) is 0.846. The van der Waals surface area contributed by atoms with E-state index in [4.69, 9.17) is 0 Å². The van der Waals surface area contributed by atoms with Gasteiger partial charge in [0.05, 0.1) is 0 Å². The Morgan fingerprint density at radius 3 is 2.78 bits per heavy atom. The van der Waals surface area contributed by atoms with E-state index in [1.165, 1.54) is 11.3 Å². The van der Waals surface area contributed by atoms with Crippen molar-refractivity contribution in [2.24, 2.45) is 0 Å². The van der Waals surface area contributed by atoms with Crippen molar-refractivity contribution in [2.45, 2.75) is 6.42 Å². The maximum atomic E-state index is 9.43. The molecule has 3 nitrogen and oxygen atoms in total. The summed E-state index contributed by atoms with van der Waals surface area (Å²) in [5.74, 6) is 0.279. The van der Waals surface area contributed by atoms with Crippen LogP contribution in [0.2, 0.25) is 0 Å². The Kier molecular flexibility index (Phi) is 2.59. The second kappa shape index (κ2) is 4.26. The number of anilines is 3. The van der Waals surface area contributed by atoms with Gasteiger partial charge in [-0.3, -0.25) is 0 Å². The zero-order chi connectivity index (χ0) is 12.5. The highest BCUT2D eigenvalue weighted by Crippen LogP contribution is 2.30. The first-order valence-corrected chi connectivity index (χ1v) is 6.12. The van der Waals surface area contributed by atoms with Crippen LogP contribution in [-0.2, 0) is 6.42 Å². The second-order valence-corrected chi connectivity index (χ2v) is 4.69. The Morgan fingerprint density at radius 2 is 1.94 bits per heavy atom. The van der Waals surface area contributed by atoms with E-state index in [2.05, 4.69) is 35.5 Å². The number of benzene rings is 2. The standard InChI is InChI=1S/C15H16N2O/c1-17-8-7-11-9-13(5-6-15(11)17)16-12-3-2-4-14(18)10-12/h2-6,9-10,16,18H,7-8H2,1H3. The van der Waals surface area contributed by atoms with Gasteiger partial charge < -0.3 is 15.3 Å².